The third kappa shape index (κ3) is 4.11. The van der Waals surface area contributed by atoms with Crippen LogP contribution in [0.2, 0.25) is 0 Å². The highest BCUT2D eigenvalue weighted by atomic mass is 32.1. The van der Waals surface area contributed by atoms with Crippen LogP contribution >= 0.6 is 12.2 Å². The molecular formula is C26H29N3O2S. The molecule has 5 nitrogen and oxygen atoms in total. The van der Waals surface area contributed by atoms with Crippen LogP contribution in [0.5, 0.6) is 5.75 Å². The summed E-state index contributed by atoms with van der Waals surface area (Å²) in [5.74, 6) is 2.64. The molecule has 1 aliphatic carbocycles. The maximum atomic E-state index is 6.46. The lowest BCUT2D eigenvalue weighted by Crippen LogP contribution is -2.40. The maximum Gasteiger partial charge on any atom is 0.170 e. The third-order valence-electron chi connectivity index (χ3n) is 6.47. The lowest BCUT2D eigenvalue weighted by atomic mass is 9.92. The molecule has 0 bridgehead atoms. The number of aromatic nitrogens is 1. The van der Waals surface area contributed by atoms with E-state index in [4.69, 9.17) is 21.4 Å². The zero-order chi connectivity index (χ0) is 21.9. The Morgan fingerprint density at radius 2 is 1.88 bits per heavy atom. The van der Waals surface area contributed by atoms with Crippen LogP contribution in [0.4, 0.5) is 0 Å². The monoisotopic (exact) mass is 447 g/mol. The summed E-state index contributed by atoms with van der Waals surface area (Å²) in [5, 5.41) is 4.36. The Balaban J connectivity index is 1.49. The molecule has 3 heterocycles. The zero-order valence-electron chi connectivity index (χ0n) is 18.4. The van der Waals surface area contributed by atoms with Crippen molar-refractivity contribution in [1.29, 1.82) is 0 Å². The van der Waals surface area contributed by atoms with Crippen molar-refractivity contribution in [3.8, 4) is 17.1 Å². The average Bonchev–Trinajstić information content (AvgIpc) is 3.45. The molecule has 5 rings (SSSR count). The van der Waals surface area contributed by atoms with Crippen LogP contribution in [-0.4, -0.2) is 27.6 Å². The number of rotatable bonds is 6. The predicted octanol–water partition coefficient (Wildman–Crippen LogP) is 6.05. The van der Waals surface area contributed by atoms with Crippen LogP contribution in [0, 0.1) is 0 Å². The Bertz CT molecular complexity index is 1040. The molecule has 1 N–H and O–H groups in total. The standard InChI is InChI=1S/C26H29N3O2S/c1-2-30-20-13-11-18(12-14-20)22-15-16-23(31-22)25-24(21-10-6-7-17-27-21)28-26(32)29(25)19-8-4-3-5-9-19/h6-7,10-17,19,24-25H,2-5,8-9H2,1H3,(H,28,32)/t24-,25+/m1/s1. The summed E-state index contributed by atoms with van der Waals surface area (Å²) < 4.78 is 12.0. The molecule has 0 amide bonds. The molecule has 6 heteroatoms. The van der Waals surface area contributed by atoms with Crippen LogP contribution in [-0.2, 0) is 0 Å². The minimum atomic E-state index is -0.0371. The quantitative estimate of drug-likeness (QED) is 0.465. The molecule has 1 saturated carbocycles. The fraction of sp³-hybridized carbons (Fsp3) is 0.385. The Labute approximate surface area is 194 Å². The van der Waals surface area contributed by atoms with Crippen molar-refractivity contribution < 1.29 is 9.15 Å². The van der Waals surface area contributed by atoms with Gasteiger partial charge in [0.25, 0.3) is 0 Å². The van der Waals surface area contributed by atoms with Crippen LogP contribution < -0.4 is 10.1 Å². The van der Waals surface area contributed by atoms with Crippen molar-refractivity contribution in [1.82, 2.24) is 15.2 Å². The van der Waals surface area contributed by atoms with E-state index in [9.17, 15) is 0 Å². The number of furan rings is 1. The van der Waals surface area contributed by atoms with E-state index in [0.717, 1.165) is 33.6 Å². The molecule has 2 fully saturated rings. The Morgan fingerprint density at radius 1 is 1.06 bits per heavy atom. The molecule has 0 radical (unpaired) electrons. The smallest absolute Gasteiger partial charge is 0.170 e. The van der Waals surface area contributed by atoms with Gasteiger partial charge in [0, 0.05) is 17.8 Å². The third-order valence-corrected chi connectivity index (χ3v) is 6.80. The lowest BCUT2D eigenvalue weighted by Gasteiger charge is -2.36. The molecular weight excluding hydrogens is 418 g/mol. The first-order chi connectivity index (χ1) is 15.7. The average molecular weight is 448 g/mol. The van der Waals surface area contributed by atoms with E-state index in [0.29, 0.717) is 12.6 Å². The van der Waals surface area contributed by atoms with Gasteiger partial charge in [-0.1, -0.05) is 25.3 Å². The van der Waals surface area contributed by atoms with Crippen LogP contribution in [0.1, 0.15) is 62.6 Å². The van der Waals surface area contributed by atoms with E-state index in [-0.39, 0.29) is 12.1 Å². The molecule has 32 heavy (non-hydrogen) atoms. The van der Waals surface area contributed by atoms with Gasteiger partial charge in [-0.2, -0.15) is 0 Å². The van der Waals surface area contributed by atoms with E-state index in [1.54, 1.807) is 0 Å². The molecule has 2 aliphatic rings. The zero-order valence-corrected chi connectivity index (χ0v) is 19.2. The summed E-state index contributed by atoms with van der Waals surface area (Å²) in [5.41, 5.74) is 2.02. The molecule has 2 atom stereocenters. The first kappa shape index (κ1) is 21.0. The van der Waals surface area contributed by atoms with Crippen molar-refractivity contribution in [2.24, 2.45) is 0 Å². The second-order valence-corrected chi connectivity index (χ2v) is 8.87. The number of nitrogens with zero attached hydrogens (tertiary/aromatic N) is 2. The summed E-state index contributed by atoms with van der Waals surface area (Å²) >= 11 is 5.85. The fourth-order valence-corrected chi connectivity index (χ4v) is 5.36. The van der Waals surface area contributed by atoms with Gasteiger partial charge in [0.05, 0.1) is 18.3 Å². The number of nitrogens with one attached hydrogen (secondary N) is 1. The highest BCUT2D eigenvalue weighted by Gasteiger charge is 2.44. The van der Waals surface area contributed by atoms with Gasteiger partial charge >= 0.3 is 0 Å². The molecule has 3 aromatic rings. The Morgan fingerprint density at radius 3 is 2.59 bits per heavy atom. The van der Waals surface area contributed by atoms with Gasteiger partial charge in [0.15, 0.2) is 5.11 Å². The summed E-state index contributed by atoms with van der Waals surface area (Å²) in [4.78, 5) is 7.02. The molecule has 2 aromatic heterocycles. The van der Waals surface area contributed by atoms with E-state index in [2.05, 4.69) is 33.4 Å². The number of benzene rings is 1. The summed E-state index contributed by atoms with van der Waals surface area (Å²) in [6, 6.07) is 18.6. The Hall–Kier alpha value is -2.86. The SMILES string of the molecule is CCOc1ccc(-c2ccc([C@H]3[C@@H](c4ccccn4)NC(=S)N3C3CCCCC3)o2)cc1. The lowest BCUT2D eigenvalue weighted by molar-refractivity contribution is 0.179. The van der Waals surface area contributed by atoms with E-state index < -0.39 is 0 Å². The van der Waals surface area contributed by atoms with Crippen LogP contribution in [0.3, 0.4) is 0 Å². The number of hydrogen-bond donors (Lipinski definition) is 1. The molecule has 1 aromatic carbocycles. The second-order valence-electron chi connectivity index (χ2n) is 8.49. The highest BCUT2D eigenvalue weighted by Crippen LogP contribution is 2.43. The second kappa shape index (κ2) is 9.33. The molecule has 0 unspecified atom stereocenters. The van der Waals surface area contributed by atoms with Crippen molar-refractivity contribution in [2.75, 3.05) is 6.61 Å². The highest BCUT2D eigenvalue weighted by molar-refractivity contribution is 7.80. The van der Waals surface area contributed by atoms with E-state index >= 15 is 0 Å². The predicted molar refractivity (Wildman–Crippen MR) is 129 cm³/mol. The van der Waals surface area contributed by atoms with E-state index in [1.807, 2.05) is 49.5 Å². The minimum Gasteiger partial charge on any atom is -0.494 e. The summed E-state index contributed by atoms with van der Waals surface area (Å²) in [6.45, 7) is 2.65. The molecule has 166 valence electrons. The van der Waals surface area contributed by atoms with Crippen LogP contribution in [0.15, 0.2) is 65.2 Å². The molecule has 0 spiro atoms. The summed E-state index contributed by atoms with van der Waals surface area (Å²) in [6.07, 6.45) is 7.98. The van der Waals surface area contributed by atoms with Crippen LogP contribution in [0.25, 0.3) is 11.3 Å². The van der Waals surface area contributed by atoms with Gasteiger partial charge in [-0.15, -0.1) is 0 Å². The normalized spacial score (nSPS) is 21.5. The Kier molecular flexibility index (Phi) is 6.12. The first-order valence-electron chi connectivity index (χ1n) is 11.6. The number of pyridine rings is 1. The van der Waals surface area contributed by atoms with Crippen molar-refractivity contribution in [3.05, 3.63) is 72.2 Å². The molecule has 1 aliphatic heterocycles. The first-order valence-corrected chi connectivity index (χ1v) is 12.0. The van der Waals surface area contributed by atoms with Crippen molar-refractivity contribution in [2.45, 2.75) is 57.2 Å². The van der Waals surface area contributed by atoms with Gasteiger partial charge in [-0.05, 0) is 80.5 Å². The van der Waals surface area contributed by atoms with Gasteiger partial charge in [-0.25, -0.2) is 0 Å². The number of ether oxygens (including phenoxy) is 1. The van der Waals surface area contributed by atoms with Gasteiger partial charge in [0.2, 0.25) is 0 Å². The minimum absolute atomic E-state index is 0.0167. The maximum absolute atomic E-state index is 6.46. The van der Waals surface area contributed by atoms with Crippen molar-refractivity contribution >= 4 is 17.3 Å². The largest absolute Gasteiger partial charge is 0.494 e. The van der Waals surface area contributed by atoms with Gasteiger partial charge in [0.1, 0.15) is 23.3 Å². The molecule has 1 saturated heterocycles. The number of hydrogen-bond acceptors (Lipinski definition) is 4. The van der Waals surface area contributed by atoms with E-state index in [1.165, 1.54) is 32.1 Å². The van der Waals surface area contributed by atoms with Gasteiger partial charge < -0.3 is 19.4 Å². The number of thiocarbonyl (C=S) groups is 1. The van der Waals surface area contributed by atoms with Gasteiger partial charge in [-0.3, -0.25) is 4.98 Å². The van der Waals surface area contributed by atoms with Crippen molar-refractivity contribution in [3.63, 3.8) is 0 Å². The topological polar surface area (TPSA) is 50.5 Å². The summed E-state index contributed by atoms with van der Waals surface area (Å²) in [7, 11) is 0. The fourth-order valence-electron chi connectivity index (χ4n) is 4.97.